The zero-order valence-electron chi connectivity index (χ0n) is 17.8. The molecule has 2 aliphatic rings. The van der Waals surface area contributed by atoms with Gasteiger partial charge in [-0.25, -0.2) is 14.4 Å². The fourth-order valence-corrected chi connectivity index (χ4v) is 4.23. The van der Waals surface area contributed by atoms with Crippen molar-refractivity contribution in [1.82, 2.24) is 19.8 Å². The number of carbonyl (C=O) groups is 2. The second-order valence-electron chi connectivity index (χ2n) is 8.04. The van der Waals surface area contributed by atoms with Crippen molar-refractivity contribution in [3.05, 3.63) is 47.2 Å². The van der Waals surface area contributed by atoms with Crippen LogP contribution in [0, 0.1) is 5.82 Å². The van der Waals surface area contributed by atoms with Crippen molar-refractivity contribution in [3.8, 4) is 0 Å². The van der Waals surface area contributed by atoms with E-state index >= 15 is 0 Å². The van der Waals surface area contributed by atoms with Gasteiger partial charge in [0.25, 0.3) is 0 Å². The van der Waals surface area contributed by atoms with Crippen molar-refractivity contribution >= 4 is 23.3 Å². The van der Waals surface area contributed by atoms with Crippen molar-refractivity contribution in [2.24, 2.45) is 0 Å². The number of benzene rings is 1. The number of anilines is 2. The molecular formula is C22H27FN6O2. The Labute approximate surface area is 180 Å². The maximum Gasteiger partial charge on any atom is 0.238 e. The molecule has 0 bridgehead atoms. The Morgan fingerprint density at radius 3 is 2.74 bits per heavy atom. The molecule has 8 nitrogen and oxygen atoms in total. The summed E-state index contributed by atoms with van der Waals surface area (Å²) in [6.45, 7) is 4.36. The summed E-state index contributed by atoms with van der Waals surface area (Å²) in [6, 6.07) is 6.14. The summed E-state index contributed by atoms with van der Waals surface area (Å²) in [4.78, 5) is 37.5. The van der Waals surface area contributed by atoms with Crippen LogP contribution in [0.25, 0.3) is 0 Å². The van der Waals surface area contributed by atoms with E-state index in [-0.39, 0.29) is 30.0 Å². The summed E-state index contributed by atoms with van der Waals surface area (Å²) in [5.41, 5.74) is 2.16. The number of halogens is 1. The molecule has 2 amide bonds. The van der Waals surface area contributed by atoms with E-state index in [0.29, 0.717) is 26.1 Å². The number of hydrogen-bond acceptors (Lipinski definition) is 6. The van der Waals surface area contributed by atoms with Gasteiger partial charge in [-0.15, -0.1) is 0 Å². The number of hydrogen-bond donors (Lipinski definition) is 2. The van der Waals surface area contributed by atoms with Crippen molar-refractivity contribution in [1.29, 1.82) is 0 Å². The van der Waals surface area contributed by atoms with Gasteiger partial charge in [0.1, 0.15) is 17.5 Å². The predicted molar refractivity (Wildman–Crippen MR) is 115 cm³/mol. The Balaban J connectivity index is 1.45. The lowest BCUT2D eigenvalue weighted by atomic mass is 10.0. The van der Waals surface area contributed by atoms with E-state index in [2.05, 4.69) is 10.6 Å². The molecule has 0 radical (unpaired) electrons. The van der Waals surface area contributed by atoms with Gasteiger partial charge in [-0.2, -0.15) is 0 Å². The molecule has 3 heterocycles. The lowest BCUT2D eigenvalue weighted by Gasteiger charge is -2.29. The Hall–Kier alpha value is -3.07. The largest absolute Gasteiger partial charge is 0.373 e. The number of fused-ring (bicyclic) bond motifs is 1. The van der Waals surface area contributed by atoms with E-state index in [0.717, 1.165) is 35.9 Å². The van der Waals surface area contributed by atoms with Crippen LogP contribution < -0.4 is 10.6 Å². The summed E-state index contributed by atoms with van der Waals surface area (Å²) < 4.78 is 13.8. The smallest absolute Gasteiger partial charge is 0.238 e. The topological polar surface area (TPSA) is 90.5 Å². The number of likely N-dealkylation sites (tertiary alicyclic amines) is 1. The molecule has 164 valence electrons. The second-order valence-corrected chi connectivity index (χ2v) is 8.04. The average Bonchev–Trinajstić information content (AvgIpc) is 3.25. The van der Waals surface area contributed by atoms with Crippen molar-refractivity contribution in [3.63, 3.8) is 0 Å². The van der Waals surface area contributed by atoms with Gasteiger partial charge >= 0.3 is 0 Å². The lowest BCUT2D eigenvalue weighted by Crippen LogP contribution is -2.38. The third-order valence-corrected chi connectivity index (χ3v) is 5.91. The minimum atomic E-state index is -0.450. The number of rotatable bonds is 5. The van der Waals surface area contributed by atoms with Gasteiger partial charge in [0, 0.05) is 58.1 Å². The van der Waals surface area contributed by atoms with Gasteiger partial charge in [0.05, 0.1) is 17.9 Å². The first-order valence-corrected chi connectivity index (χ1v) is 10.5. The van der Waals surface area contributed by atoms with Crippen molar-refractivity contribution < 1.29 is 14.0 Å². The SMILES string of the molecule is CNc1nc([C@@H]2CCN(C(C)=O)C2)nc2c1CN(CC(=O)Nc1ccccc1F)CC2. The van der Waals surface area contributed by atoms with Gasteiger partial charge < -0.3 is 15.5 Å². The molecule has 1 atom stereocenters. The van der Waals surface area contributed by atoms with Crippen LogP contribution in [0.4, 0.5) is 15.9 Å². The molecule has 9 heteroatoms. The number of para-hydroxylation sites is 1. The summed E-state index contributed by atoms with van der Waals surface area (Å²) in [6.07, 6.45) is 1.57. The van der Waals surface area contributed by atoms with E-state index in [4.69, 9.17) is 9.97 Å². The zero-order chi connectivity index (χ0) is 22.0. The molecule has 0 aliphatic carbocycles. The van der Waals surface area contributed by atoms with Crippen LogP contribution in [0.1, 0.15) is 36.3 Å². The fourth-order valence-electron chi connectivity index (χ4n) is 4.23. The minimum Gasteiger partial charge on any atom is -0.373 e. The normalized spacial score (nSPS) is 18.5. The molecule has 2 aromatic rings. The molecule has 4 rings (SSSR count). The van der Waals surface area contributed by atoms with Crippen LogP contribution in [-0.2, 0) is 22.6 Å². The van der Waals surface area contributed by atoms with Crippen LogP contribution in [0.5, 0.6) is 0 Å². The van der Waals surface area contributed by atoms with Crippen molar-refractivity contribution in [2.75, 3.05) is 43.9 Å². The molecule has 1 aromatic heterocycles. The quantitative estimate of drug-likeness (QED) is 0.760. The van der Waals surface area contributed by atoms with Gasteiger partial charge in [-0.05, 0) is 18.6 Å². The van der Waals surface area contributed by atoms with E-state index in [1.54, 1.807) is 25.1 Å². The molecular weight excluding hydrogens is 399 g/mol. The first-order chi connectivity index (χ1) is 14.9. The first kappa shape index (κ1) is 21.2. The van der Waals surface area contributed by atoms with Crippen LogP contribution in [0.2, 0.25) is 0 Å². The maximum absolute atomic E-state index is 13.8. The minimum absolute atomic E-state index is 0.0820. The molecule has 1 saturated heterocycles. The number of aromatic nitrogens is 2. The van der Waals surface area contributed by atoms with Gasteiger partial charge in [-0.1, -0.05) is 12.1 Å². The van der Waals surface area contributed by atoms with Crippen LogP contribution >= 0.6 is 0 Å². The highest BCUT2D eigenvalue weighted by molar-refractivity contribution is 5.92. The lowest BCUT2D eigenvalue weighted by molar-refractivity contribution is -0.127. The maximum atomic E-state index is 13.8. The second kappa shape index (κ2) is 8.97. The van der Waals surface area contributed by atoms with Crippen LogP contribution in [0.15, 0.2) is 24.3 Å². The predicted octanol–water partition coefficient (Wildman–Crippen LogP) is 1.99. The van der Waals surface area contributed by atoms with E-state index in [1.807, 2.05) is 16.8 Å². The monoisotopic (exact) mass is 426 g/mol. The molecule has 0 unspecified atom stereocenters. The molecule has 2 aliphatic heterocycles. The third kappa shape index (κ3) is 4.66. The Kier molecular flexibility index (Phi) is 6.13. The van der Waals surface area contributed by atoms with Gasteiger partial charge in [0.2, 0.25) is 11.8 Å². The van der Waals surface area contributed by atoms with Gasteiger partial charge in [-0.3, -0.25) is 14.5 Å². The molecule has 1 aromatic carbocycles. The number of carbonyl (C=O) groups excluding carboxylic acids is 2. The Morgan fingerprint density at radius 2 is 2.03 bits per heavy atom. The number of nitrogens with one attached hydrogen (secondary N) is 2. The van der Waals surface area contributed by atoms with Crippen LogP contribution in [-0.4, -0.2) is 64.8 Å². The average molecular weight is 426 g/mol. The van der Waals surface area contributed by atoms with E-state index in [9.17, 15) is 14.0 Å². The zero-order valence-corrected chi connectivity index (χ0v) is 17.8. The Morgan fingerprint density at radius 1 is 1.23 bits per heavy atom. The molecule has 0 spiro atoms. The van der Waals surface area contributed by atoms with E-state index in [1.165, 1.54) is 6.07 Å². The number of nitrogens with zero attached hydrogens (tertiary/aromatic N) is 4. The fraction of sp³-hybridized carbons (Fsp3) is 0.455. The summed E-state index contributed by atoms with van der Waals surface area (Å²) in [5.74, 6) is 1.06. The summed E-state index contributed by atoms with van der Waals surface area (Å²) in [7, 11) is 1.83. The highest BCUT2D eigenvalue weighted by Crippen LogP contribution is 2.30. The number of amides is 2. The van der Waals surface area contributed by atoms with E-state index < -0.39 is 5.82 Å². The van der Waals surface area contributed by atoms with Crippen molar-refractivity contribution in [2.45, 2.75) is 32.2 Å². The summed E-state index contributed by atoms with van der Waals surface area (Å²) >= 11 is 0. The standard InChI is InChI=1S/C22H27FN6O2/c1-14(30)29-10-7-15(11-29)21-26-18-8-9-28(12-16(18)22(24-2)27-21)13-20(31)25-19-6-4-3-5-17(19)23/h3-6,15H,7-13H2,1-2H3,(H,25,31)(H,24,26,27)/t15-/m1/s1. The molecule has 2 N–H and O–H groups in total. The molecule has 31 heavy (non-hydrogen) atoms. The van der Waals surface area contributed by atoms with Gasteiger partial charge in [0.15, 0.2) is 0 Å². The summed E-state index contributed by atoms with van der Waals surface area (Å²) in [5, 5.41) is 5.80. The highest BCUT2D eigenvalue weighted by atomic mass is 19.1. The third-order valence-electron chi connectivity index (χ3n) is 5.91. The first-order valence-electron chi connectivity index (χ1n) is 10.5. The Bertz CT molecular complexity index is 981. The molecule has 1 fully saturated rings. The highest BCUT2D eigenvalue weighted by Gasteiger charge is 2.30. The van der Waals surface area contributed by atoms with Crippen LogP contribution in [0.3, 0.4) is 0 Å². The molecule has 0 saturated carbocycles.